The fourth-order valence-electron chi connectivity index (χ4n) is 4.80. The number of allylic oxidation sites excluding steroid dienone is 3. The van der Waals surface area contributed by atoms with Gasteiger partial charge >= 0.3 is 0 Å². The lowest BCUT2D eigenvalue weighted by atomic mass is 9.75. The molecule has 1 unspecified atom stereocenters. The first-order valence-corrected chi connectivity index (χ1v) is 12.0. The third-order valence-corrected chi connectivity index (χ3v) is 6.43. The minimum absolute atomic E-state index is 0.0191. The van der Waals surface area contributed by atoms with Crippen molar-refractivity contribution in [2.45, 2.75) is 39.0 Å². The molecule has 9 nitrogen and oxygen atoms in total. The van der Waals surface area contributed by atoms with Crippen molar-refractivity contribution < 1.29 is 19.2 Å². The van der Waals surface area contributed by atoms with Crippen molar-refractivity contribution in [2.24, 2.45) is 5.73 Å². The van der Waals surface area contributed by atoms with E-state index in [1.54, 1.807) is 18.2 Å². The Labute approximate surface area is 213 Å². The smallest absolute Gasteiger partial charge is 0.294 e. The predicted molar refractivity (Wildman–Crippen MR) is 135 cm³/mol. The van der Waals surface area contributed by atoms with Gasteiger partial charge in [0.1, 0.15) is 23.0 Å². The molecule has 1 aliphatic carbocycles. The van der Waals surface area contributed by atoms with Gasteiger partial charge in [-0.3, -0.25) is 19.8 Å². The number of ether oxygens (including phenoxy) is 2. The largest absolute Gasteiger partial charge is 0.494 e. The van der Waals surface area contributed by atoms with Gasteiger partial charge in [0.2, 0.25) is 0 Å². The van der Waals surface area contributed by atoms with E-state index in [4.69, 9.17) is 26.8 Å². The molecule has 1 atom stereocenters. The Morgan fingerprint density at radius 2 is 1.94 bits per heavy atom. The fourth-order valence-corrected chi connectivity index (χ4v) is 4.97. The average molecular weight is 509 g/mol. The third-order valence-electron chi connectivity index (χ3n) is 6.19. The standard InChI is InChI=1S/C26H25ClN4O5/c1-3-35-16-9-11-23(36-4-2)17(13-16)24-18(14-28)26(29)30(20-6-5-7-22(32)25(20)24)19-10-8-15(27)12-21(19)31(33)34/h8-13,24H,3-7,29H2,1-2H3. The van der Waals surface area contributed by atoms with Crippen LogP contribution in [0.4, 0.5) is 11.4 Å². The van der Waals surface area contributed by atoms with Crippen molar-refractivity contribution in [1.29, 1.82) is 5.26 Å². The first-order valence-electron chi connectivity index (χ1n) is 11.6. The number of rotatable bonds is 7. The predicted octanol–water partition coefficient (Wildman–Crippen LogP) is 5.35. The zero-order valence-electron chi connectivity index (χ0n) is 19.9. The van der Waals surface area contributed by atoms with Crippen molar-refractivity contribution in [1.82, 2.24) is 0 Å². The van der Waals surface area contributed by atoms with E-state index in [0.29, 0.717) is 60.8 Å². The summed E-state index contributed by atoms with van der Waals surface area (Å²) < 4.78 is 11.5. The average Bonchev–Trinajstić information content (AvgIpc) is 2.85. The Morgan fingerprint density at radius 1 is 1.19 bits per heavy atom. The number of nitrogens with zero attached hydrogens (tertiary/aromatic N) is 3. The Balaban J connectivity index is 2.02. The number of anilines is 1. The Bertz CT molecular complexity index is 1340. The van der Waals surface area contributed by atoms with Gasteiger partial charge in [-0.05, 0) is 57.0 Å². The maximum absolute atomic E-state index is 13.4. The number of hydrogen-bond donors (Lipinski definition) is 1. The van der Waals surface area contributed by atoms with Crippen LogP contribution in [-0.2, 0) is 4.79 Å². The van der Waals surface area contributed by atoms with E-state index in [-0.39, 0.29) is 33.6 Å². The highest BCUT2D eigenvalue weighted by Crippen LogP contribution is 2.50. The summed E-state index contributed by atoms with van der Waals surface area (Å²) in [7, 11) is 0. The molecule has 1 aliphatic heterocycles. The molecule has 0 bridgehead atoms. The SMILES string of the molecule is CCOc1ccc(OCC)c(C2C(C#N)=C(N)N(c3ccc(Cl)cc3[N+](=O)[O-])C3=C2C(=O)CCC3)c1. The highest BCUT2D eigenvalue weighted by atomic mass is 35.5. The highest BCUT2D eigenvalue weighted by Gasteiger charge is 2.42. The van der Waals surface area contributed by atoms with Crippen LogP contribution in [0.25, 0.3) is 0 Å². The number of carbonyl (C=O) groups is 1. The molecule has 0 saturated carbocycles. The number of carbonyl (C=O) groups excluding carboxylic acids is 1. The Hall–Kier alpha value is -4.03. The van der Waals surface area contributed by atoms with Gasteiger partial charge in [-0.25, -0.2) is 0 Å². The fraction of sp³-hybridized carbons (Fsp3) is 0.308. The number of halogens is 1. The van der Waals surface area contributed by atoms with Gasteiger partial charge in [0, 0.05) is 34.3 Å². The molecule has 2 aromatic rings. The zero-order chi connectivity index (χ0) is 26.0. The van der Waals surface area contributed by atoms with Gasteiger partial charge in [-0.15, -0.1) is 0 Å². The summed E-state index contributed by atoms with van der Waals surface area (Å²) in [5, 5.41) is 22.3. The first kappa shape index (κ1) is 25.1. The molecule has 1 heterocycles. The van der Waals surface area contributed by atoms with Crippen molar-refractivity contribution in [3.8, 4) is 17.6 Å². The quantitative estimate of drug-likeness (QED) is 0.391. The summed E-state index contributed by atoms with van der Waals surface area (Å²) in [5.41, 5.74) is 8.04. The van der Waals surface area contributed by atoms with Crippen molar-refractivity contribution in [2.75, 3.05) is 18.1 Å². The van der Waals surface area contributed by atoms with Gasteiger partial charge in [-0.1, -0.05) is 11.6 Å². The van der Waals surface area contributed by atoms with Crippen LogP contribution in [0.5, 0.6) is 11.5 Å². The maximum atomic E-state index is 13.4. The van der Waals surface area contributed by atoms with Crippen molar-refractivity contribution in [3.05, 3.63) is 79.8 Å². The molecule has 0 saturated heterocycles. The van der Waals surface area contributed by atoms with Crippen LogP contribution in [-0.4, -0.2) is 23.9 Å². The molecule has 2 aromatic carbocycles. The molecule has 0 amide bonds. The van der Waals surface area contributed by atoms with E-state index in [2.05, 4.69) is 6.07 Å². The summed E-state index contributed by atoms with van der Waals surface area (Å²) in [6.07, 6.45) is 1.29. The molecule has 10 heteroatoms. The summed E-state index contributed by atoms with van der Waals surface area (Å²) >= 11 is 6.03. The van der Waals surface area contributed by atoms with Crippen LogP contribution in [0.15, 0.2) is 59.1 Å². The second-order valence-corrected chi connectivity index (χ2v) is 8.71. The number of nitriles is 1. The lowest BCUT2D eigenvalue weighted by Gasteiger charge is -2.39. The number of Topliss-reactive ketones (excluding diaryl/α,β-unsaturated/α-hetero) is 1. The maximum Gasteiger partial charge on any atom is 0.294 e. The number of hydrogen-bond acceptors (Lipinski definition) is 8. The van der Waals surface area contributed by atoms with E-state index in [1.165, 1.54) is 23.1 Å². The summed E-state index contributed by atoms with van der Waals surface area (Å²) in [4.78, 5) is 26.2. The van der Waals surface area contributed by atoms with Gasteiger partial charge in [0.05, 0.1) is 35.7 Å². The molecule has 2 aliphatic rings. The van der Waals surface area contributed by atoms with E-state index >= 15 is 0 Å². The second-order valence-electron chi connectivity index (χ2n) is 8.27. The van der Waals surface area contributed by atoms with Crippen molar-refractivity contribution in [3.63, 3.8) is 0 Å². The van der Waals surface area contributed by atoms with E-state index in [1.807, 2.05) is 13.8 Å². The van der Waals surface area contributed by atoms with Gasteiger partial charge in [-0.2, -0.15) is 5.26 Å². The molecular formula is C26H25ClN4O5. The Morgan fingerprint density at radius 3 is 2.61 bits per heavy atom. The highest BCUT2D eigenvalue weighted by molar-refractivity contribution is 6.31. The van der Waals surface area contributed by atoms with Crippen LogP contribution in [0.2, 0.25) is 5.02 Å². The lowest BCUT2D eigenvalue weighted by Crippen LogP contribution is -2.39. The number of nitro benzene ring substituents is 1. The number of benzene rings is 2. The molecule has 2 N–H and O–H groups in total. The zero-order valence-corrected chi connectivity index (χ0v) is 20.7. The summed E-state index contributed by atoms with van der Waals surface area (Å²) in [6.45, 7) is 4.51. The van der Waals surface area contributed by atoms with Gasteiger partial charge in [0.15, 0.2) is 5.78 Å². The molecule has 4 rings (SSSR count). The molecule has 0 radical (unpaired) electrons. The topological polar surface area (TPSA) is 132 Å². The summed E-state index contributed by atoms with van der Waals surface area (Å²) in [5.74, 6) is 0.135. The van der Waals surface area contributed by atoms with Crippen molar-refractivity contribution >= 4 is 28.8 Å². The normalized spacial score (nSPS) is 17.6. The lowest BCUT2D eigenvalue weighted by molar-refractivity contribution is -0.384. The van der Waals surface area contributed by atoms with E-state index in [0.717, 1.165) is 0 Å². The minimum Gasteiger partial charge on any atom is -0.494 e. The molecular weight excluding hydrogens is 484 g/mol. The van der Waals surface area contributed by atoms with Crippen LogP contribution in [0, 0.1) is 21.4 Å². The van der Waals surface area contributed by atoms with Crippen LogP contribution >= 0.6 is 11.6 Å². The van der Waals surface area contributed by atoms with Gasteiger partial charge in [0.25, 0.3) is 5.69 Å². The van der Waals surface area contributed by atoms with Crippen LogP contribution < -0.4 is 20.1 Å². The molecule has 36 heavy (non-hydrogen) atoms. The minimum atomic E-state index is -0.803. The molecule has 186 valence electrons. The molecule has 0 spiro atoms. The monoisotopic (exact) mass is 508 g/mol. The number of nitrogens with two attached hydrogens (primary N) is 1. The summed E-state index contributed by atoms with van der Waals surface area (Å²) in [6, 6.07) is 11.7. The molecule has 0 fully saturated rings. The van der Waals surface area contributed by atoms with E-state index < -0.39 is 10.8 Å². The second kappa shape index (κ2) is 10.3. The Kier molecular flexibility index (Phi) is 7.17. The van der Waals surface area contributed by atoms with E-state index in [9.17, 15) is 20.2 Å². The van der Waals surface area contributed by atoms with Crippen LogP contribution in [0.1, 0.15) is 44.6 Å². The van der Waals surface area contributed by atoms with Crippen LogP contribution in [0.3, 0.4) is 0 Å². The first-order chi connectivity index (χ1) is 17.3. The molecule has 0 aromatic heterocycles. The third kappa shape index (κ3) is 4.36. The number of ketones is 1. The van der Waals surface area contributed by atoms with Gasteiger partial charge < -0.3 is 15.2 Å². The number of nitro groups is 1.